The van der Waals surface area contributed by atoms with E-state index in [1.165, 1.54) is 5.57 Å². The van der Waals surface area contributed by atoms with E-state index in [-0.39, 0.29) is 0 Å². The van der Waals surface area contributed by atoms with Crippen LogP contribution in [0.15, 0.2) is 30.3 Å². The second-order valence-electron chi connectivity index (χ2n) is 4.82. The van der Waals surface area contributed by atoms with Gasteiger partial charge in [0.05, 0.1) is 0 Å². The molecule has 1 unspecified atom stereocenters. The van der Waals surface area contributed by atoms with Gasteiger partial charge in [-0.2, -0.15) is 0 Å². The van der Waals surface area contributed by atoms with E-state index in [0.29, 0.717) is 5.75 Å². The van der Waals surface area contributed by atoms with Gasteiger partial charge < -0.3 is 15.8 Å². The third-order valence-electron chi connectivity index (χ3n) is 3.22. The lowest BCUT2D eigenvalue weighted by atomic mass is 10.0. The van der Waals surface area contributed by atoms with Gasteiger partial charge in [0.25, 0.3) is 5.91 Å². The molecule has 0 radical (unpaired) electrons. The number of ether oxygens (including phenoxy) is 1. The summed E-state index contributed by atoms with van der Waals surface area (Å²) in [5.74, 6) is 0.00745. The van der Waals surface area contributed by atoms with Crippen molar-refractivity contribution in [3.8, 4) is 5.75 Å². The van der Waals surface area contributed by atoms with Crippen LogP contribution < -0.4 is 21.1 Å². The van der Waals surface area contributed by atoms with E-state index < -0.39 is 18.0 Å². The number of rotatable bonds is 4. The summed E-state index contributed by atoms with van der Waals surface area (Å²) in [7, 11) is 0. The van der Waals surface area contributed by atoms with Crippen LogP contribution in [0.25, 0.3) is 5.57 Å². The van der Waals surface area contributed by atoms with Crippen molar-refractivity contribution in [2.45, 2.75) is 19.4 Å². The average Bonchev–Trinajstić information content (AvgIpc) is 2.48. The molecule has 1 aliphatic heterocycles. The minimum Gasteiger partial charge on any atom is -0.481 e. The van der Waals surface area contributed by atoms with E-state index in [2.05, 4.69) is 11.4 Å². The van der Waals surface area contributed by atoms with Crippen LogP contribution in [0, 0.1) is 0 Å². The maximum absolute atomic E-state index is 11.5. The number of amides is 3. The molecule has 1 heterocycles. The fourth-order valence-electron chi connectivity index (χ4n) is 2.11. The Morgan fingerprint density at radius 2 is 2.05 bits per heavy atom. The number of primary amides is 1. The Morgan fingerprint density at radius 1 is 1.33 bits per heavy atom. The number of carbonyl (C=O) groups is 2. The van der Waals surface area contributed by atoms with Gasteiger partial charge in [-0.05, 0) is 43.2 Å². The van der Waals surface area contributed by atoms with Crippen molar-refractivity contribution in [2.24, 2.45) is 5.73 Å². The number of nitrogens with two attached hydrogens (primary N) is 1. The van der Waals surface area contributed by atoms with E-state index in [1.54, 1.807) is 6.92 Å². The van der Waals surface area contributed by atoms with Gasteiger partial charge in [0.15, 0.2) is 6.10 Å². The number of carbonyl (C=O) groups excluding carboxylic acids is 2. The molecular weight excluding hydrogens is 270 g/mol. The summed E-state index contributed by atoms with van der Waals surface area (Å²) in [4.78, 5) is 22.1. The minimum atomic E-state index is -0.886. The minimum absolute atomic E-state index is 0.562. The zero-order valence-electron chi connectivity index (χ0n) is 11.9. The lowest BCUT2D eigenvalue weighted by Gasteiger charge is -2.16. The molecule has 21 heavy (non-hydrogen) atoms. The van der Waals surface area contributed by atoms with Crippen LogP contribution in [0.2, 0.25) is 0 Å². The molecular formula is C15H19N3O3. The molecule has 0 spiro atoms. The van der Waals surface area contributed by atoms with Crippen LogP contribution in [0.1, 0.15) is 18.9 Å². The second-order valence-corrected chi connectivity index (χ2v) is 4.82. The lowest BCUT2D eigenvalue weighted by molar-refractivity contribution is -0.126. The van der Waals surface area contributed by atoms with Crippen molar-refractivity contribution in [3.63, 3.8) is 0 Å². The number of urea groups is 1. The van der Waals surface area contributed by atoms with E-state index in [4.69, 9.17) is 10.5 Å². The highest BCUT2D eigenvalue weighted by molar-refractivity contribution is 5.95. The van der Waals surface area contributed by atoms with Gasteiger partial charge in [0.2, 0.25) is 0 Å². The van der Waals surface area contributed by atoms with Crippen molar-refractivity contribution < 1.29 is 14.3 Å². The van der Waals surface area contributed by atoms with Gasteiger partial charge >= 0.3 is 6.03 Å². The predicted molar refractivity (Wildman–Crippen MR) is 79.7 cm³/mol. The Balaban J connectivity index is 1.97. The van der Waals surface area contributed by atoms with Crippen LogP contribution >= 0.6 is 0 Å². The smallest absolute Gasteiger partial charge is 0.318 e. The maximum atomic E-state index is 11.5. The summed E-state index contributed by atoms with van der Waals surface area (Å²) in [5, 5.41) is 5.25. The monoisotopic (exact) mass is 289 g/mol. The molecule has 1 atom stereocenters. The van der Waals surface area contributed by atoms with Gasteiger partial charge in [-0.15, -0.1) is 0 Å². The van der Waals surface area contributed by atoms with E-state index in [1.807, 2.05) is 29.6 Å². The molecule has 0 saturated carbocycles. The van der Waals surface area contributed by atoms with Gasteiger partial charge in [0.1, 0.15) is 5.75 Å². The van der Waals surface area contributed by atoms with Gasteiger partial charge in [-0.25, -0.2) is 4.79 Å². The maximum Gasteiger partial charge on any atom is 0.318 e. The van der Waals surface area contributed by atoms with Crippen LogP contribution in [-0.2, 0) is 4.79 Å². The van der Waals surface area contributed by atoms with Gasteiger partial charge in [-0.3, -0.25) is 10.1 Å². The highest BCUT2D eigenvalue weighted by Crippen LogP contribution is 2.22. The fraction of sp³-hybridized carbons (Fsp3) is 0.333. The quantitative estimate of drug-likeness (QED) is 0.771. The number of imide groups is 1. The lowest BCUT2D eigenvalue weighted by Crippen LogP contribution is -2.42. The Hall–Kier alpha value is -2.34. The molecule has 112 valence electrons. The number of hydrogen-bond acceptors (Lipinski definition) is 4. The first-order valence-electron chi connectivity index (χ1n) is 6.83. The van der Waals surface area contributed by atoms with Gasteiger partial charge in [0, 0.05) is 6.54 Å². The van der Waals surface area contributed by atoms with Crippen molar-refractivity contribution in [2.75, 3.05) is 13.1 Å². The Kier molecular flexibility index (Phi) is 4.94. The molecule has 6 nitrogen and oxygen atoms in total. The van der Waals surface area contributed by atoms with Gasteiger partial charge in [-0.1, -0.05) is 18.2 Å². The summed E-state index contributed by atoms with van der Waals surface area (Å²) < 4.78 is 5.47. The SMILES string of the molecule is CC(Oc1ccc(C2=CCNCC2)cc1)C(=O)NC(N)=O. The molecule has 0 bridgehead atoms. The zero-order chi connectivity index (χ0) is 15.2. The molecule has 0 fully saturated rings. The van der Waals surface area contributed by atoms with Crippen LogP contribution in [0.4, 0.5) is 4.79 Å². The molecule has 0 aromatic heterocycles. The van der Waals surface area contributed by atoms with Crippen molar-refractivity contribution in [1.29, 1.82) is 0 Å². The highest BCUT2D eigenvalue weighted by Gasteiger charge is 2.16. The summed E-state index contributed by atoms with van der Waals surface area (Å²) in [6.07, 6.45) is 2.38. The second kappa shape index (κ2) is 6.90. The molecule has 3 amide bonds. The van der Waals surface area contributed by atoms with E-state index in [0.717, 1.165) is 25.1 Å². The Bertz CT molecular complexity index is 552. The van der Waals surface area contributed by atoms with Crippen LogP contribution in [0.5, 0.6) is 5.75 Å². The topological polar surface area (TPSA) is 93.4 Å². The third-order valence-corrected chi connectivity index (χ3v) is 3.22. The average molecular weight is 289 g/mol. The fourth-order valence-corrected chi connectivity index (χ4v) is 2.11. The molecule has 0 aliphatic carbocycles. The van der Waals surface area contributed by atoms with Crippen LogP contribution in [0.3, 0.4) is 0 Å². The molecule has 4 N–H and O–H groups in total. The van der Waals surface area contributed by atoms with E-state index >= 15 is 0 Å². The van der Waals surface area contributed by atoms with Crippen molar-refractivity contribution in [1.82, 2.24) is 10.6 Å². The van der Waals surface area contributed by atoms with Crippen molar-refractivity contribution >= 4 is 17.5 Å². The Morgan fingerprint density at radius 3 is 2.62 bits per heavy atom. The predicted octanol–water partition coefficient (Wildman–Crippen LogP) is 1.03. The summed E-state index contributed by atoms with van der Waals surface area (Å²) in [5.41, 5.74) is 7.35. The standard InChI is InChI=1S/C15H19N3O3/c1-10(14(19)18-15(16)20)21-13-4-2-11(3-5-13)12-6-8-17-9-7-12/h2-6,10,17H,7-9H2,1H3,(H3,16,18,19,20). The summed E-state index contributed by atoms with van der Waals surface area (Å²) >= 11 is 0. The van der Waals surface area contributed by atoms with E-state index in [9.17, 15) is 9.59 Å². The third kappa shape index (κ3) is 4.32. The number of hydrogen-bond donors (Lipinski definition) is 3. The number of benzene rings is 1. The molecule has 2 rings (SSSR count). The largest absolute Gasteiger partial charge is 0.481 e. The molecule has 1 aromatic rings. The normalized spacial score (nSPS) is 15.8. The van der Waals surface area contributed by atoms with Crippen molar-refractivity contribution in [3.05, 3.63) is 35.9 Å². The summed E-state index contributed by atoms with van der Waals surface area (Å²) in [6, 6.07) is 6.66. The zero-order valence-corrected chi connectivity index (χ0v) is 11.9. The molecule has 1 aromatic carbocycles. The first kappa shape index (κ1) is 15.1. The Labute approximate surface area is 123 Å². The number of nitrogens with one attached hydrogen (secondary N) is 2. The molecule has 0 saturated heterocycles. The first-order chi connectivity index (χ1) is 10.1. The molecule has 6 heteroatoms. The summed E-state index contributed by atoms with van der Waals surface area (Å²) in [6.45, 7) is 3.42. The van der Waals surface area contributed by atoms with Crippen LogP contribution in [-0.4, -0.2) is 31.1 Å². The first-order valence-corrected chi connectivity index (χ1v) is 6.83. The molecule has 1 aliphatic rings. The highest BCUT2D eigenvalue weighted by atomic mass is 16.5.